The number of pyridine rings is 1. The van der Waals surface area contributed by atoms with E-state index < -0.39 is 5.97 Å². The number of aromatic nitrogens is 1. The van der Waals surface area contributed by atoms with Crippen molar-refractivity contribution in [3.05, 3.63) is 23.9 Å². The summed E-state index contributed by atoms with van der Waals surface area (Å²) < 4.78 is 0. The van der Waals surface area contributed by atoms with Crippen LogP contribution in [0, 0.1) is 5.92 Å². The highest BCUT2D eigenvalue weighted by Gasteiger charge is 2.17. The number of nitrogens with one attached hydrogen (secondary N) is 1. The van der Waals surface area contributed by atoms with Gasteiger partial charge in [0.15, 0.2) is 0 Å². The SMILES string of the molecule is CCCC(CCC)C(=O)Nc1ccc(C(=O)O)cn1. The van der Waals surface area contributed by atoms with Crippen LogP contribution in [0.25, 0.3) is 0 Å². The third-order valence-corrected chi connectivity index (χ3v) is 2.91. The molecule has 0 saturated carbocycles. The summed E-state index contributed by atoms with van der Waals surface area (Å²) in [4.78, 5) is 26.7. The molecule has 0 aliphatic heterocycles. The number of carboxylic acid groups (broad SMARTS) is 1. The van der Waals surface area contributed by atoms with Crippen LogP contribution >= 0.6 is 0 Å². The van der Waals surface area contributed by atoms with Gasteiger partial charge in [-0.05, 0) is 25.0 Å². The van der Waals surface area contributed by atoms with E-state index in [0.29, 0.717) is 5.82 Å². The van der Waals surface area contributed by atoms with Crippen LogP contribution in [0.3, 0.4) is 0 Å². The normalized spacial score (nSPS) is 10.5. The van der Waals surface area contributed by atoms with Crippen molar-refractivity contribution < 1.29 is 14.7 Å². The van der Waals surface area contributed by atoms with Crippen molar-refractivity contribution in [2.45, 2.75) is 39.5 Å². The minimum absolute atomic E-state index is 0.00375. The van der Waals surface area contributed by atoms with Crippen LogP contribution in [-0.4, -0.2) is 22.0 Å². The number of hydrogen-bond acceptors (Lipinski definition) is 3. The largest absolute Gasteiger partial charge is 0.478 e. The molecule has 0 fully saturated rings. The number of carboxylic acids is 1. The van der Waals surface area contributed by atoms with E-state index in [4.69, 9.17) is 5.11 Å². The number of carbonyl (C=O) groups excluding carboxylic acids is 1. The van der Waals surface area contributed by atoms with Gasteiger partial charge in [-0.15, -0.1) is 0 Å². The lowest BCUT2D eigenvalue weighted by Gasteiger charge is -2.14. The first kappa shape index (κ1) is 15.1. The van der Waals surface area contributed by atoms with Crippen LogP contribution in [0.15, 0.2) is 18.3 Å². The molecular weight excluding hydrogens is 244 g/mol. The number of aromatic carboxylic acids is 1. The van der Waals surface area contributed by atoms with Crippen molar-refractivity contribution in [3.8, 4) is 0 Å². The van der Waals surface area contributed by atoms with Crippen molar-refractivity contribution in [1.29, 1.82) is 0 Å². The standard InChI is InChI=1S/C14H20N2O3/c1-3-5-10(6-4-2)13(17)16-12-8-7-11(9-15-12)14(18)19/h7-10H,3-6H2,1-2H3,(H,18,19)(H,15,16,17). The van der Waals surface area contributed by atoms with Crippen molar-refractivity contribution in [2.75, 3.05) is 5.32 Å². The van der Waals surface area contributed by atoms with Crippen molar-refractivity contribution in [1.82, 2.24) is 4.98 Å². The van der Waals surface area contributed by atoms with Crippen LogP contribution in [-0.2, 0) is 4.79 Å². The molecule has 104 valence electrons. The fourth-order valence-corrected chi connectivity index (χ4v) is 1.93. The predicted octanol–water partition coefficient (Wildman–Crippen LogP) is 2.93. The first-order valence-corrected chi connectivity index (χ1v) is 6.58. The van der Waals surface area contributed by atoms with E-state index in [-0.39, 0.29) is 17.4 Å². The second-order valence-electron chi connectivity index (χ2n) is 4.50. The molecule has 0 spiro atoms. The van der Waals surface area contributed by atoms with Gasteiger partial charge in [0.05, 0.1) is 5.56 Å². The average Bonchev–Trinajstić information content (AvgIpc) is 2.39. The van der Waals surface area contributed by atoms with Gasteiger partial charge < -0.3 is 10.4 Å². The molecule has 0 bridgehead atoms. The minimum Gasteiger partial charge on any atom is -0.478 e. The lowest BCUT2D eigenvalue weighted by Crippen LogP contribution is -2.23. The van der Waals surface area contributed by atoms with E-state index >= 15 is 0 Å². The Morgan fingerprint density at radius 2 is 1.89 bits per heavy atom. The van der Waals surface area contributed by atoms with Gasteiger partial charge in [0, 0.05) is 12.1 Å². The second kappa shape index (κ2) is 7.51. The lowest BCUT2D eigenvalue weighted by atomic mass is 9.97. The average molecular weight is 264 g/mol. The molecule has 0 saturated heterocycles. The van der Waals surface area contributed by atoms with Crippen molar-refractivity contribution >= 4 is 17.7 Å². The van der Waals surface area contributed by atoms with Crippen LogP contribution in [0.5, 0.6) is 0 Å². The first-order chi connectivity index (χ1) is 9.08. The van der Waals surface area contributed by atoms with E-state index in [2.05, 4.69) is 24.1 Å². The Bertz CT molecular complexity index is 423. The van der Waals surface area contributed by atoms with Gasteiger partial charge in [0.25, 0.3) is 0 Å². The maximum Gasteiger partial charge on any atom is 0.337 e. The summed E-state index contributed by atoms with van der Waals surface area (Å²) in [6, 6.07) is 2.94. The summed E-state index contributed by atoms with van der Waals surface area (Å²) in [5.74, 6) is -0.678. The lowest BCUT2D eigenvalue weighted by molar-refractivity contribution is -0.120. The van der Waals surface area contributed by atoms with Gasteiger partial charge in [0.2, 0.25) is 5.91 Å². The molecule has 5 heteroatoms. The summed E-state index contributed by atoms with van der Waals surface area (Å²) in [7, 11) is 0. The monoisotopic (exact) mass is 264 g/mol. The van der Waals surface area contributed by atoms with Gasteiger partial charge in [-0.3, -0.25) is 4.79 Å². The Hall–Kier alpha value is -1.91. The van der Waals surface area contributed by atoms with Crippen LogP contribution < -0.4 is 5.32 Å². The molecule has 0 atom stereocenters. The Kier molecular flexibility index (Phi) is 5.99. The van der Waals surface area contributed by atoms with E-state index in [1.165, 1.54) is 18.3 Å². The van der Waals surface area contributed by atoms with E-state index in [1.807, 2.05) is 0 Å². The molecule has 19 heavy (non-hydrogen) atoms. The number of nitrogens with zero attached hydrogens (tertiary/aromatic N) is 1. The molecule has 0 aliphatic carbocycles. The fourth-order valence-electron chi connectivity index (χ4n) is 1.93. The summed E-state index contributed by atoms with van der Waals surface area (Å²) in [5.41, 5.74) is 0.108. The van der Waals surface area contributed by atoms with Crippen molar-refractivity contribution in [2.24, 2.45) is 5.92 Å². The van der Waals surface area contributed by atoms with Crippen LogP contribution in [0.1, 0.15) is 49.9 Å². The molecule has 2 N–H and O–H groups in total. The molecule has 0 radical (unpaired) electrons. The summed E-state index contributed by atoms with van der Waals surface area (Å²) in [5, 5.41) is 11.5. The molecule has 1 aromatic heterocycles. The smallest absolute Gasteiger partial charge is 0.337 e. The molecule has 1 aromatic rings. The van der Waals surface area contributed by atoms with Gasteiger partial charge in [-0.25, -0.2) is 9.78 Å². The Morgan fingerprint density at radius 1 is 1.26 bits per heavy atom. The number of anilines is 1. The Labute approximate surface area is 113 Å². The van der Waals surface area contributed by atoms with E-state index in [9.17, 15) is 9.59 Å². The zero-order valence-corrected chi connectivity index (χ0v) is 11.3. The molecule has 5 nitrogen and oxygen atoms in total. The molecule has 1 heterocycles. The molecule has 1 rings (SSSR count). The number of hydrogen-bond donors (Lipinski definition) is 2. The molecule has 0 unspecified atom stereocenters. The number of amides is 1. The Morgan fingerprint density at radius 3 is 2.32 bits per heavy atom. The summed E-state index contributed by atoms with van der Waals surface area (Å²) in [6.07, 6.45) is 4.87. The maximum atomic E-state index is 12.0. The summed E-state index contributed by atoms with van der Waals surface area (Å²) in [6.45, 7) is 4.10. The highest BCUT2D eigenvalue weighted by Crippen LogP contribution is 2.16. The minimum atomic E-state index is -1.03. The summed E-state index contributed by atoms with van der Waals surface area (Å²) >= 11 is 0. The van der Waals surface area contributed by atoms with E-state index in [0.717, 1.165) is 25.7 Å². The maximum absolute atomic E-state index is 12.0. The molecule has 0 aromatic carbocycles. The molecule has 0 aliphatic rings. The van der Waals surface area contributed by atoms with Crippen LogP contribution in [0.4, 0.5) is 5.82 Å². The quantitative estimate of drug-likeness (QED) is 0.793. The second-order valence-corrected chi connectivity index (χ2v) is 4.50. The third-order valence-electron chi connectivity index (χ3n) is 2.91. The highest BCUT2D eigenvalue weighted by atomic mass is 16.4. The van der Waals surface area contributed by atoms with Gasteiger partial charge >= 0.3 is 5.97 Å². The van der Waals surface area contributed by atoms with Crippen LogP contribution in [0.2, 0.25) is 0 Å². The zero-order chi connectivity index (χ0) is 14.3. The predicted molar refractivity (Wildman–Crippen MR) is 73.1 cm³/mol. The Balaban J connectivity index is 2.66. The highest BCUT2D eigenvalue weighted by molar-refractivity contribution is 5.92. The first-order valence-electron chi connectivity index (χ1n) is 6.58. The number of rotatable bonds is 7. The molecule has 1 amide bonds. The van der Waals surface area contributed by atoms with Gasteiger partial charge in [-0.1, -0.05) is 26.7 Å². The van der Waals surface area contributed by atoms with Gasteiger partial charge in [-0.2, -0.15) is 0 Å². The van der Waals surface area contributed by atoms with E-state index in [1.54, 1.807) is 0 Å². The van der Waals surface area contributed by atoms with Crippen molar-refractivity contribution in [3.63, 3.8) is 0 Å². The fraction of sp³-hybridized carbons (Fsp3) is 0.500. The third kappa shape index (κ3) is 4.69. The van der Waals surface area contributed by atoms with Gasteiger partial charge in [0.1, 0.15) is 5.82 Å². The molecular formula is C14H20N2O3. The number of carbonyl (C=O) groups is 2. The zero-order valence-electron chi connectivity index (χ0n) is 11.3. The topological polar surface area (TPSA) is 79.3 Å².